The van der Waals surface area contributed by atoms with Crippen molar-refractivity contribution in [3.63, 3.8) is 0 Å². The molecule has 0 saturated heterocycles. The van der Waals surface area contributed by atoms with Crippen molar-refractivity contribution < 1.29 is 14.6 Å². The second kappa shape index (κ2) is 8.67. The number of carboxylic acids is 1. The summed E-state index contributed by atoms with van der Waals surface area (Å²) < 4.78 is 5.82. The van der Waals surface area contributed by atoms with E-state index >= 15 is 0 Å². The zero-order valence-electron chi connectivity index (χ0n) is 13.4. The summed E-state index contributed by atoms with van der Waals surface area (Å²) >= 11 is 0. The summed E-state index contributed by atoms with van der Waals surface area (Å²) in [5.41, 5.74) is 1.18. The molecule has 2 atom stereocenters. The van der Waals surface area contributed by atoms with Crippen LogP contribution in [0.5, 0.6) is 5.75 Å². The average Bonchev–Trinajstić information content (AvgIpc) is 2.45. The first-order valence-corrected chi connectivity index (χ1v) is 7.66. The molecule has 0 aliphatic rings. The molecule has 4 heteroatoms. The molecule has 0 aliphatic carbocycles. The zero-order valence-corrected chi connectivity index (χ0v) is 13.4. The lowest BCUT2D eigenvalue weighted by Crippen LogP contribution is -2.41. The fraction of sp³-hybridized carbons (Fsp3) is 0.588. The van der Waals surface area contributed by atoms with Gasteiger partial charge in [0, 0.05) is 12.5 Å². The minimum Gasteiger partial charge on any atom is -0.493 e. The fourth-order valence-corrected chi connectivity index (χ4v) is 2.21. The molecule has 1 aromatic carbocycles. The largest absolute Gasteiger partial charge is 0.493 e. The molecule has 21 heavy (non-hydrogen) atoms. The molecule has 1 aromatic rings. The lowest BCUT2D eigenvalue weighted by atomic mass is 9.98. The van der Waals surface area contributed by atoms with Gasteiger partial charge >= 0.3 is 5.97 Å². The van der Waals surface area contributed by atoms with Crippen LogP contribution in [0.1, 0.15) is 52.0 Å². The number of benzene rings is 1. The van der Waals surface area contributed by atoms with Gasteiger partial charge < -0.3 is 15.2 Å². The van der Waals surface area contributed by atoms with E-state index in [2.05, 4.69) is 25.2 Å². The maximum absolute atomic E-state index is 11.2. The quantitative estimate of drug-likeness (QED) is 0.732. The maximum Gasteiger partial charge on any atom is 0.320 e. The number of nitrogens with one attached hydrogen (secondary N) is 1. The number of carbonyl (C=O) groups is 1. The topological polar surface area (TPSA) is 58.6 Å². The van der Waals surface area contributed by atoms with Crippen LogP contribution in [0, 0.1) is 0 Å². The normalized spacial score (nSPS) is 14.0. The molecule has 2 unspecified atom stereocenters. The van der Waals surface area contributed by atoms with Crippen LogP contribution in [-0.4, -0.2) is 29.8 Å². The Hall–Kier alpha value is -1.55. The van der Waals surface area contributed by atoms with Gasteiger partial charge in [-0.3, -0.25) is 4.79 Å². The highest BCUT2D eigenvalue weighted by molar-refractivity contribution is 5.73. The molecule has 0 saturated carbocycles. The Morgan fingerprint density at radius 2 is 1.95 bits per heavy atom. The van der Waals surface area contributed by atoms with Crippen LogP contribution in [0.4, 0.5) is 0 Å². The van der Waals surface area contributed by atoms with Crippen LogP contribution in [0.2, 0.25) is 0 Å². The molecule has 0 fully saturated rings. The summed E-state index contributed by atoms with van der Waals surface area (Å²) in [6, 6.07) is 7.55. The van der Waals surface area contributed by atoms with E-state index in [0.717, 1.165) is 12.2 Å². The van der Waals surface area contributed by atoms with Crippen molar-refractivity contribution in [1.29, 1.82) is 0 Å². The smallest absolute Gasteiger partial charge is 0.320 e. The SMILES string of the molecule is CCC(C)c1ccccc1OCCC(NC(C)C)C(=O)O. The molecule has 0 radical (unpaired) electrons. The monoisotopic (exact) mass is 293 g/mol. The van der Waals surface area contributed by atoms with Gasteiger partial charge in [-0.05, 0) is 24.0 Å². The summed E-state index contributed by atoms with van der Waals surface area (Å²) in [4.78, 5) is 11.2. The van der Waals surface area contributed by atoms with Crippen molar-refractivity contribution in [3.8, 4) is 5.75 Å². The van der Waals surface area contributed by atoms with Gasteiger partial charge in [0.1, 0.15) is 11.8 Å². The molecule has 2 N–H and O–H groups in total. The van der Waals surface area contributed by atoms with Gasteiger partial charge in [-0.15, -0.1) is 0 Å². The van der Waals surface area contributed by atoms with E-state index in [9.17, 15) is 9.90 Å². The first-order chi connectivity index (χ1) is 9.95. The van der Waals surface area contributed by atoms with Crippen molar-refractivity contribution in [2.45, 2.75) is 58.5 Å². The molecule has 0 aromatic heterocycles. The highest BCUT2D eigenvalue weighted by Gasteiger charge is 2.18. The standard InChI is InChI=1S/C17H27NO3/c1-5-13(4)14-8-6-7-9-16(14)21-11-10-15(17(19)20)18-12(2)3/h6-9,12-13,15,18H,5,10-11H2,1-4H3,(H,19,20). The lowest BCUT2D eigenvalue weighted by Gasteiger charge is -2.19. The van der Waals surface area contributed by atoms with Crippen molar-refractivity contribution in [2.75, 3.05) is 6.61 Å². The highest BCUT2D eigenvalue weighted by atomic mass is 16.5. The van der Waals surface area contributed by atoms with Gasteiger partial charge in [-0.1, -0.05) is 45.9 Å². The number of hydrogen-bond donors (Lipinski definition) is 2. The molecule has 0 spiro atoms. The fourth-order valence-electron chi connectivity index (χ4n) is 2.21. The minimum atomic E-state index is -0.831. The van der Waals surface area contributed by atoms with E-state index in [-0.39, 0.29) is 6.04 Å². The molecule has 4 nitrogen and oxygen atoms in total. The number of para-hydroxylation sites is 1. The van der Waals surface area contributed by atoms with Crippen LogP contribution in [0.15, 0.2) is 24.3 Å². The summed E-state index contributed by atoms with van der Waals surface area (Å²) in [5.74, 6) is 0.466. The molecule has 0 bridgehead atoms. The predicted octanol–water partition coefficient (Wildman–Crippen LogP) is 3.42. The molecule has 0 aliphatic heterocycles. The van der Waals surface area contributed by atoms with Crippen LogP contribution in [0.3, 0.4) is 0 Å². The van der Waals surface area contributed by atoms with Crippen LogP contribution < -0.4 is 10.1 Å². The van der Waals surface area contributed by atoms with Crippen molar-refractivity contribution in [2.24, 2.45) is 0 Å². The Labute approximate surface area is 127 Å². The maximum atomic E-state index is 11.2. The number of ether oxygens (including phenoxy) is 1. The number of aliphatic carboxylic acids is 1. The van der Waals surface area contributed by atoms with Gasteiger partial charge in [0.15, 0.2) is 0 Å². The second-order valence-electron chi connectivity index (χ2n) is 5.70. The van der Waals surface area contributed by atoms with Gasteiger partial charge in [0.05, 0.1) is 6.61 Å². The third-order valence-electron chi connectivity index (χ3n) is 3.56. The Balaban J connectivity index is 2.61. The van der Waals surface area contributed by atoms with E-state index in [4.69, 9.17) is 4.74 Å². The van der Waals surface area contributed by atoms with E-state index in [1.807, 2.05) is 32.0 Å². The first kappa shape index (κ1) is 17.5. The van der Waals surface area contributed by atoms with Crippen LogP contribution in [0.25, 0.3) is 0 Å². The minimum absolute atomic E-state index is 0.137. The third kappa shape index (κ3) is 5.76. The molecule has 118 valence electrons. The van der Waals surface area contributed by atoms with E-state index in [0.29, 0.717) is 18.9 Å². The van der Waals surface area contributed by atoms with Crippen molar-refractivity contribution in [3.05, 3.63) is 29.8 Å². The molecular weight excluding hydrogens is 266 g/mol. The second-order valence-corrected chi connectivity index (χ2v) is 5.70. The first-order valence-electron chi connectivity index (χ1n) is 7.66. The Morgan fingerprint density at radius 3 is 2.52 bits per heavy atom. The van der Waals surface area contributed by atoms with E-state index in [1.165, 1.54) is 5.56 Å². The van der Waals surface area contributed by atoms with Crippen molar-refractivity contribution >= 4 is 5.97 Å². The van der Waals surface area contributed by atoms with Crippen LogP contribution in [-0.2, 0) is 4.79 Å². The zero-order chi connectivity index (χ0) is 15.8. The van der Waals surface area contributed by atoms with E-state index in [1.54, 1.807) is 0 Å². The van der Waals surface area contributed by atoms with E-state index < -0.39 is 12.0 Å². The van der Waals surface area contributed by atoms with Crippen LogP contribution >= 0.6 is 0 Å². The summed E-state index contributed by atoms with van der Waals surface area (Å²) in [6.07, 6.45) is 1.50. The number of hydrogen-bond acceptors (Lipinski definition) is 3. The number of carboxylic acid groups (broad SMARTS) is 1. The lowest BCUT2D eigenvalue weighted by molar-refractivity contribution is -0.140. The summed E-state index contributed by atoms with van der Waals surface area (Å²) in [5, 5.41) is 12.2. The molecular formula is C17H27NO3. The summed E-state index contributed by atoms with van der Waals surface area (Å²) in [6.45, 7) is 8.59. The predicted molar refractivity (Wildman–Crippen MR) is 85.0 cm³/mol. The Bertz CT molecular complexity index is 445. The van der Waals surface area contributed by atoms with Gasteiger partial charge in [-0.2, -0.15) is 0 Å². The Morgan fingerprint density at radius 1 is 1.29 bits per heavy atom. The van der Waals surface area contributed by atoms with Gasteiger partial charge in [-0.25, -0.2) is 0 Å². The Kier molecular flexibility index (Phi) is 7.23. The highest BCUT2D eigenvalue weighted by Crippen LogP contribution is 2.28. The average molecular weight is 293 g/mol. The molecule has 1 rings (SSSR count). The summed E-state index contributed by atoms with van der Waals surface area (Å²) in [7, 11) is 0. The molecule has 0 heterocycles. The molecule has 0 amide bonds. The van der Waals surface area contributed by atoms with Crippen molar-refractivity contribution in [1.82, 2.24) is 5.32 Å². The number of rotatable bonds is 9. The third-order valence-corrected chi connectivity index (χ3v) is 3.56. The van der Waals surface area contributed by atoms with Gasteiger partial charge in [0.25, 0.3) is 0 Å². The van der Waals surface area contributed by atoms with Gasteiger partial charge in [0.2, 0.25) is 0 Å².